The van der Waals surface area contributed by atoms with Gasteiger partial charge in [-0.15, -0.1) is 0 Å². The molecule has 0 aliphatic carbocycles. The molecule has 1 aromatic rings. The Bertz CT molecular complexity index is 352. The first kappa shape index (κ1) is 13.7. The molecule has 1 rings (SSSR count). The van der Waals surface area contributed by atoms with E-state index in [0.717, 1.165) is 12.1 Å². The van der Waals surface area contributed by atoms with Crippen LogP contribution in [0.25, 0.3) is 0 Å². The number of aliphatic hydroxyl groups is 1. The minimum atomic E-state index is -0.715. The number of hydrogen-bond acceptors (Lipinski definition) is 5. The number of nitrogens with zero attached hydrogens (tertiary/aromatic N) is 1. The molecule has 0 spiro atoms. The molecule has 1 heterocycles. The number of pyridine rings is 1. The van der Waals surface area contributed by atoms with Crippen molar-refractivity contribution < 1.29 is 5.11 Å². The third-order valence-electron chi connectivity index (χ3n) is 2.43. The largest absolute Gasteiger partial charge is 0.388 e. The van der Waals surface area contributed by atoms with Gasteiger partial charge in [0.05, 0.1) is 5.60 Å². The summed E-state index contributed by atoms with van der Waals surface area (Å²) < 4.78 is 0. The fourth-order valence-corrected chi connectivity index (χ4v) is 1.86. The summed E-state index contributed by atoms with van der Waals surface area (Å²) in [6.45, 7) is 6.52. The van der Waals surface area contributed by atoms with E-state index in [1.165, 1.54) is 0 Å². The van der Waals surface area contributed by atoms with Crippen molar-refractivity contribution >= 4 is 11.5 Å². The van der Waals surface area contributed by atoms with Crippen molar-refractivity contribution in [1.29, 1.82) is 0 Å². The molecular weight excluding hydrogens is 216 g/mol. The highest BCUT2D eigenvalue weighted by Crippen LogP contribution is 2.18. The molecular formula is C12H22N4O. The summed E-state index contributed by atoms with van der Waals surface area (Å²) in [7, 11) is 0. The van der Waals surface area contributed by atoms with Crippen LogP contribution in [0, 0.1) is 5.92 Å². The van der Waals surface area contributed by atoms with Crippen LogP contribution in [0.2, 0.25) is 0 Å². The Balaban J connectivity index is 2.54. The second kappa shape index (κ2) is 5.84. The lowest BCUT2D eigenvalue weighted by atomic mass is 9.94. The van der Waals surface area contributed by atoms with Gasteiger partial charge in [0.2, 0.25) is 0 Å². The van der Waals surface area contributed by atoms with Gasteiger partial charge in [-0.05, 0) is 25.3 Å². The maximum Gasteiger partial charge on any atom is 0.141 e. The molecule has 96 valence electrons. The summed E-state index contributed by atoms with van der Waals surface area (Å²) >= 11 is 0. The average Bonchev–Trinajstić information content (AvgIpc) is 2.25. The number of nitrogens with one attached hydrogen (secondary N) is 2. The van der Waals surface area contributed by atoms with Crippen LogP contribution in [0.5, 0.6) is 0 Å². The van der Waals surface area contributed by atoms with E-state index >= 15 is 0 Å². The SMILES string of the molecule is CC(C)CC(C)(O)CNc1ccnc(NN)c1. The Hall–Kier alpha value is -1.33. The average molecular weight is 238 g/mol. The first-order valence-corrected chi connectivity index (χ1v) is 5.82. The zero-order valence-electron chi connectivity index (χ0n) is 10.7. The normalized spacial score (nSPS) is 14.5. The second-order valence-corrected chi connectivity index (χ2v) is 5.02. The lowest BCUT2D eigenvalue weighted by Gasteiger charge is -2.26. The number of rotatable bonds is 6. The number of anilines is 2. The van der Waals surface area contributed by atoms with Crippen molar-refractivity contribution in [3.8, 4) is 0 Å². The Kier molecular flexibility index (Phi) is 4.72. The summed E-state index contributed by atoms with van der Waals surface area (Å²) in [4.78, 5) is 4.01. The Morgan fingerprint density at radius 3 is 2.82 bits per heavy atom. The molecule has 5 N–H and O–H groups in total. The van der Waals surface area contributed by atoms with Crippen LogP contribution in [0.3, 0.4) is 0 Å². The minimum absolute atomic E-state index is 0.463. The molecule has 17 heavy (non-hydrogen) atoms. The van der Waals surface area contributed by atoms with E-state index in [9.17, 15) is 5.11 Å². The highest BCUT2D eigenvalue weighted by molar-refractivity contribution is 5.51. The van der Waals surface area contributed by atoms with Crippen LogP contribution in [0.4, 0.5) is 11.5 Å². The molecule has 0 saturated carbocycles. The van der Waals surface area contributed by atoms with Crippen molar-refractivity contribution in [2.75, 3.05) is 17.3 Å². The summed E-state index contributed by atoms with van der Waals surface area (Å²) in [6, 6.07) is 3.64. The second-order valence-electron chi connectivity index (χ2n) is 5.02. The number of nitrogens with two attached hydrogens (primary N) is 1. The van der Waals surface area contributed by atoms with E-state index in [-0.39, 0.29) is 0 Å². The molecule has 1 unspecified atom stereocenters. The molecule has 0 saturated heterocycles. The number of aromatic nitrogens is 1. The van der Waals surface area contributed by atoms with Crippen molar-refractivity contribution in [3.63, 3.8) is 0 Å². The van der Waals surface area contributed by atoms with Gasteiger partial charge < -0.3 is 15.8 Å². The van der Waals surface area contributed by atoms with Crippen LogP contribution < -0.4 is 16.6 Å². The van der Waals surface area contributed by atoms with Gasteiger partial charge in [0.1, 0.15) is 5.82 Å². The zero-order valence-corrected chi connectivity index (χ0v) is 10.7. The molecule has 1 aromatic heterocycles. The molecule has 0 bridgehead atoms. The predicted octanol–water partition coefficient (Wildman–Crippen LogP) is 1.58. The van der Waals surface area contributed by atoms with Crippen LogP contribution in [-0.2, 0) is 0 Å². The van der Waals surface area contributed by atoms with Crippen molar-refractivity contribution in [2.45, 2.75) is 32.8 Å². The molecule has 0 radical (unpaired) electrons. The minimum Gasteiger partial charge on any atom is -0.388 e. The number of nitrogen functional groups attached to an aromatic ring is 1. The summed E-state index contributed by atoms with van der Waals surface area (Å²) in [5.41, 5.74) is 2.65. The quantitative estimate of drug-likeness (QED) is 0.447. The molecule has 1 atom stereocenters. The van der Waals surface area contributed by atoms with Crippen molar-refractivity contribution in [3.05, 3.63) is 18.3 Å². The van der Waals surface area contributed by atoms with Gasteiger partial charge in [0.15, 0.2) is 0 Å². The highest BCUT2D eigenvalue weighted by Gasteiger charge is 2.21. The molecule has 0 aliphatic rings. The third kappa shape index (κ3) is 5.01. The Labute approximate surface area is 102 Å². The van der Waals surface area contributed by atoms with Crippen LogP contribution in [0.15, 0.2) is 18.3 Å². The lowest BCUT2D eigenvalue weighted by molar-refractivity contribution is 0.0515. The van der Waals surface area contributed by atoms with Crippen molar-refractivity contribution in [2.24, 2.45) is 11.8 Å². The molecule has 0 fully saturated rings. The first-order valence-electron chi connectivity index (χ1n) is 5.82. The van der Waals surface area contributed by atoms with Gasteiger partial charge >= 0.3 is 0 Å². The van der Waals surface area contributed by atoms with E-state index in [1.54, 1.807) is 12.3 Å². The summed E-state index contributed by atoms with van der Waals surface area (Å²) in [6.07, 6.45) is 2.42. The topological polar surface area (TPSA) is 83.2 Å². The fourth-order valence-electron chi connectivity index (χ4n) is 1.86. The van der Waals surface area contributed by atoms with Gasteiger partial charge in [-0.3, -0.25) is 0 Å². The molecule has 0 aliphatic heterocycles. The van der Waals surface area contributed by atoms with Gasteiger partial charge in [-0.25, -0.2) is 10.8 Å². The fraction of sp³-hybridized carbons (Fsp3) is 0.583. The van der Waals surface area contributed by atoms with E-state index < -0.39 is 5.60 Å². The monoisotopic (exact) mass is 238 g/mol. The maximum absolute atomic E-state index is 10.2. The van der Waals surface area contributed by atoms with Gasteiger partial charge in [-0.2, -0.15) is 0 Å². The smallest absolute Gasteiger partial charge is 0.141 e. The highest BCUT2D eigenvalue weighted by atomic mass is 16.3. The van der Waals surface area contributed by atoms with Crippen LogP contribution in [-0.4, -0.2) is 22.2 Å². The summed E-state index contributed by atoms with van der Waals surface area (Å²) in [5, 5.41) is 13.3. The van der Waals surface area contributed by atoms with Crippen LogP contribution >= 0.6 is 0 Å². The molecule has 5 heteroatoms. The standard InChI is InChI=1S/C12H22N4O/c1-9(2)7-12(3,17)8-15-10-4-5-14-11(6-10)16-13/h4-6,9,17H,7-8,13H2,1-3H3,(H2,14,15,16). The number of hydrazine groups is 1. The van der Waals surface area contributed by atoms with Crippen LogP contribution in [0.1, 0.15) is 27.2 Å². The van der Waals surface area contributed by atoms with E-state index in [1.807, 2.05) is 13.0 Å². The van der Waals surface area contributed by atoms with Gasteiger partial charge in [-0.1, -0.05) is 13.8 Å². The zero-order chi connectivity index (χ0) is 12.9. The molecule has 0 aromatic carbocycles. The number of hydrogen-bond donors (Lipinski definition) is 4. The third-order valence-corrected chi connectivity index (χ3v) is 2.43. The van der Waals surface area contributed by atoms with Gasteiger partial charge in [0, 0.05) is 24.5 Å². The molecule has 0 amide bonds. The van der Waals surface area contributed by atoms with E-state index in [4.69, 9.17) is 5.84 Å². The lowest BCUT2D eigenvalue weighted by Crippen LogP contribution is -2.34. The first-order chi connectivity index (χ1) is 7.93. The maximum atomic E-state index is 10.2. The van der Waals surface area contributed by atoms with Gasteiger partial charge in [0.25, 0.3) is 0 Å². The Morgan fingerprint density at radius 2 is 2.24 bits per heavy atom. The Morgan fingerprint density at radius 1 is 1.53 bits per heavy atom. The molecule has 5 nitrogen and oxygen atoms in total. The van der Waals surface area contributed by atoms with E-state index in [0.29, 0.717) is 18.3 Å². The summed E-state index contributed by atoms with van der Waals surface area (Å²) in [5.74, 6) is 6.34. The predicted molar refractivity (Wildman–Crippen MR) is 70.6 cm³/mol. The van der Waals surface area contributed by atoms with E-state index in [2.05, 4.69) is 29.6 Å². The van der Waals surface area contributed by atoms with Crippen molar-refractivity contribution in [1.82, 2.24) is 4.98 Å².